The van der Waals surface area contributed by atoms with E-state index < -0.39 is 0 Å². The molecule has 0 aromatic heterocycles. The molecule has 2 nitrogen and oxygen atoms in total. The quantitative estimate of drug-likeness (QED) is 0.552. The number of nitrogens with zero attached hydrogens (tertiary/aromatic N) is 2. The van der Waals surface area contributed by atoms with Crippen molar-refractivity contribution in [1.29, 1.82) is 5.26 Å². The Labute approximate surface area is 35.2 Å². The van der Waals surface area contributed by atoms with Gasteiger partial charge in [-0.05, 0) is 0 Å². The van der Waals surface area contributed by atoms with Crippen LogP contribution in [0.1, 0.15) is 0 Å². The van der Waals surface area contributed by atoms with E-state index in [1.807, 2.05) is 0 Å². The summed E-state index contributed by atoms with van der Waals surface area (Å²) < 4.78 is 3.01. The van der Waals surface area contributed by atoms with Gasteiger partial charge in [0.1, 0.15) is 0 Å². The predicted octanol–water partition coefficient (Wildman–Crippen LogP) is 0.198. The summed E-state index contributed by atoms with van der Waals surface area (Å²) in [5.74, 6) is 0. The van der Waals surface area contributed by atoms with Gasteiger partial charge in [0.25, 0.3) is 0 Å². The second kappa shape index (κ2) is 2.98. The average molecular weight is 235 g/mol. The average Bonchev–Trinajstić information content (AvgIpc) is 1.37. The van der Waals surface area contributed by atoms with Crippen LogP contribution in [0.2, 0.25) is 0 Å². The molecule has 0 aromatic carbocycles. The Morgan fingerprint density at radius 2 is 2.25 bits per heavy atom. The third kappa shape index (κ3) is 1.98. The van der Waals surface area contributed by atoms with Crippen molar-refractivity contribution in [2.45, 2.75) is 0 Å². The molecule has 0 aliphatic carbocycles. The molecule has 0 atom stereocenters. The molecule has 0 radical (unpaired) electrons. The van der Waals surface area contributed by atoms with E-state index in [0.29, 0.717) is 0 Å². The van der Waals surface area contributed by atoms with E-state index in [-0.39, 0.29) is 0 Å². The van der Waals surface area contributed by atoms with Crippen LogP contribution in [-0.2, 0) is 19.6 Å². The monoisotopic (exact) mass is 235 g/mol. The molecular formula is CN2Pt. The van der Waals surface area contributed by atoms with Crippen molar-refractivity contribution in [3.8, 4) is 6.19 Å². The summed E-state index contributed by atoms with van der Waals surface area (Å²) >= 11 is 1.60. The van der Waals surface area contributed by atoms with Crippen LogP contribution in [0.15, 0.2) is 3.50 Å². The molecule has 0 amide bonds. The maximum atomic E-state index is 7.45. The summed E-state index contributed by atoms with van der Waals surface area (Å²) in [6, 6.07) is 0. The molecule has 0 aliphatic rings. The fourth-order valence-corrected chi connectivity index (χ4v) is 0. The topological polar surface area (TPSA) is 36.1 Å². The van der Waals surface area contributed by atoms with Gasteiger partial charge < -0.3 is 0 Å². The Kier molecular flexibility index (Phi) is 2.96. The van der Waals surface area contributed by atoms with Crippen LogP contribution in [0.25, 0.3) is 0 Å². The summed E-state index contributed by atoms with van der Waals surface area (Å²) in [4.78, 5) is 0. The molecule has 0 rings (SSSR count). The standard InChI is InChI=1S/CN2.Pt/c2-1-3;. The molecule has 0 N–H and O–H groups in total. The first kappa shape index (κ1) is 3.98. The van der Waals surface area contributed by atoms with E-state index in [4.69, 9.17) is 5.26 Å². The first-order chi connectivity index (χ1) is 1.91. The van der Waals surface area contributed by atoms with Crippen LogP contribution < -0.4 is 0 Å². The van der Waals surface area contributed by atoms with E-state index in [0.717, 1.165) is 0 Å². The van der Waals surface area contributed by atoms with Crippen molar-refractivity contribution in [3.63, 3.8) is 0 Å². The van der Waals surface area contributed by atoms with E-state index in [2.05, 4.69) is 3.50 Å². The SMILES string of the molecule is N#C[N]=[Pt]. The minimum atomic E-state index is 1.54. The van der Waals surface area contributed by atoms with Gasteiger partial charge >= 0.3 is 34.6 Å². The molecule has 0 fully saturated rings. The van der Waals surface area contributed by atoms with Gasteiger partial charge in [-0.25, -0.2) is 0 Å². The molecular weight excluding hydrogens is 235 g/mol. The van der Waals surface area contributed by atoms with Gasteiger partial charge in [-0.1, -0.05) is 0 Å². The van der Waals surface area contributed by atoms with Crippen molar-refractivity contribution < 1.29 is 19.6 Å². The maximum absolute atomic E-state index is 7.45. The number of hydrogen-bond acceptors (Lipinski definition) is 2. The van der Waals surface area contributed by atoms with Gasteiger partial charge in [0, 0.05) is 0 Å². The molecule has 0 heterocycles. The van der Waals surface area contributed by atoms with Gasteiger partial charge in [-0.3, -0.25) is 0 Å². The van der Waals surface area contributed by atoms with Crippen LogP contribution in [0.4, 0.5) is 0 Å². The van der Waals surface area contributed by atoms with E-state index in [1.165, 1.54) is 0 Å². The van der Waals surface area contributed by atoms with Crippen LogP contribution in [0.3, 0.4) is 0 Å². The van der Waals surface area contributed by atoms with Gasteiger partial charge in [0.15, 0.2) is 0 Å². The van der Waals surface area contributed by atoms with E-state index in [9.17, 15) is 0 Å². The molecule has 0 saturated heterocycles. The zero-order valence-electron chi connectivity index (χ0n) is 1.71. The summed E-state index contributed by atoms with van der Waals surface area (Å²) in [5.41, 5.74) is 0. The fourth-order valence-electron chi connectivity index (χ4n) is 0. The van der Waals surface area contributed by atoms with Gasteiger partial charge in [-0.2, -0.15) is 0 Å². The molecule has 24 valence electrons. The third-order valence-corrected chi connectivity index (χ3v) is 0.259. The minimum absolute atomic E-state index is 1.54. The molecule has 4 heavy (non-hydrogen) atoms. The molecule has 3 heteroatoms. The summed E-state index contributed by atoms with van der Waals surface area (Å²) in [5, 5.41) is 7.45. The van der Waals surface area contributed by atoms with E-state index in [1.54, 1.807) is 25.8 Å². The van der Waals surface area contributed by atoms with Gasteiger partial charge in [0.2, 0.25) is 0 Å². The summed E-state index contributed by atoms with van der Waals surface area (Å²) in [6.07, 6.45) is 1.54. The summed E-state index contributed by atoms with van der Waals surface area (Å²) in [6.45, 7) is 0. The Hall–Kier alpha value is -0.0217. The predicted molar refractivity (Wildman–Crippen MR) is 8.04 cm³/mol. The third-order valence-electron chi connectivity index (χ3n) is 0.0316. The van der Waals surface area contributed by atoms with E-state index >= 15 is 0 Å². The van der Waals surface area contributed by atoms with Crippen LogP contribution in [0, 0.1) is 11.5 Å². The second-order valence-corrected chi connectivity index (χ2v) is 0.679. The number of hydrogen-bond donors (Lipinski definition) is 0. The number of nitriles is 1. The van der Waals surface area contributed by atoms with Gasteiger partial charge in [-0.15, -0.1) is 0 Å². The van der Waals surface area contributed by atoms with Crippen molar-refractivity contribution in [3.05, 3.63) is 0 Å². The Morgan fingerprint density at radius 3 is 2.25 bits per heavy atom. The molecule has 0 spiro atoms. The Morgan fingerprint density at radius 1 is 2.00 bits per heavy atom. The van der Waals surface area contributed by atoms with Crippen LogP contribution >= 0.6 is 0 Å². The number of rotatable bonds is 0. The van der Waals surface area contributed by atoms with Crippen molar-refractivity contribution in [1.82, 2.24) is 0 Å². The zero-order chi connectivity index (χ0) is 3.41. The molecule has 0 aliphatic heterocycles. The first-order valence-electron chi connectivity index (χ1n) is 0.589. The second-order valence-electron chi connectivity index (χ2n) is 0.171. The fraction of sp³-hybridized carbons (Fsp3) is 0. The molecule has 0 unspecified atom stereocenters. The van der Waals surface area contributed by atoms with Crippen molar-refractivity contribution >= 4 is 0 Å². The Bertz CT molecular complexity index is 51.5. The van der Waals surface area contributed by atoms with Crippen LogP contribution in [-0.4, -0.2) is 0 Å². The summed E-state index contributed by atoms with van der Waals surface area (Å²) in [7, 11) is 0. The molecule has 0 aromatic rings. The Balaban J connectivity index is 2.92. The molecule has 0 bridgehead atoms. The van der Waals surface area contributed by atoms with Crippen LogP contribution in [0.5, 0.6) is 0 Å². The van der Waals surface area contributed by atoms with Crippen molar-refractivity contribution in [2.24, 2.45) is 3.50 Å². The van der Waals surface area contributed by atoms with Gasteiger partial charge in [0.05, 0.1) is 0 Å². The molecule has 0 saturated carbocycles. The van der Waals surface area contributed by atoms with Crippen molar-refractivity contribution in [2.75, 3.05) is 0 Å². The zero-order valence-corrected chi connectivity index (χ0v) is 3.98. The normalized spacial score (nSPS) is 4.25. The first-order valence-corrected chi connectivity index (χ1v) is 1.60.